The zero-order valence-corrected chi connectivity index (χ0v) is 30.5. The molecule has 4 aliphatic rings. The first-order valence-corrected chi connectivity index (χ1v) is 18.2. The second kappa shape index (κ2) is 14.7. The molecule has 278 valence electrons. The second-order valence-corrected chi connectivity index (χ2v) is 15.4. The molecule has 3 aromatic rings. The largest absolute Gasteiger partial charge is 0.497 e. The molecule has 0 radical (unpaired) electrons. The van der Waals surface area contributed by atoms with Gasteiger partial charge in [0.05, 0.1) is 24.6 Å². The van der Waals surface area contributed by atoms with Crippen molar-refractivity contribution in [3.05, 3.63) is 82.8 Å². The molecule has 7 rings (SSSR count). The maximum absolute atomic E-state index is 14.2. The molecule has 0 saturated carbocycles. The highest BCUT2D eigenvalue weighted by Gasteiger charge is 2.64. The fraction of sp³-hybridized carbons (Fsp3) is 0.395. The van der Waals surface area contributed by atoms with Crippen molar-refractivity contribution in [3.63, 3.8) is 0 Å². The number of amides is 3. The number of allylic oxidation sites excluding steroid dienone is 2. The number of hydrogen-bond donors (Lipinski definition) is 3. The zero-order valence-electron chi connectivity index (χ0n) is 29.7. The number of aromatic amines is 1. The van der Waals surface area contributed by atoms with Crippen LogP contribution in [0.1, 0.15) is 44.0 Å². The Hall–Kier alpha value is -5.15. The SMILES string of the molecule is CCNC(=O)CO/N=C1/Cc2c([nH]c3ccc(F)cc23)C2=C1CC(OCC(=O)NC1C(=O)N3C1SC(C)(C)C3C(=O)OCc1ccc(OC)cc1)C=C2. The molecule has 3 amide bonds. The molecule has 4 unspecified atom stereocenters. The topological polar surface area (TPSA) is 161 Å². The minimum Gasteiger partial charge on any atom is -0.497 e. The van der Waals surface area contributed by atoms with E-state index in [0.29, 0.717) is 30.8 Å². The van der Waals surface area contributed by atoms with Crippen LogP contribution in [0.25, 0.3) is 16.5 Å². The van der Waals surface area contributed by atoms with Gasteiger partial charge in [-0.15, -0.1) is 11.8 Å². The Bertz CT molecular complexity index is 2060. The number of β-lactam (4-membered cyclic amide) rings is 1. The highest BCUT2D eigenvalue weighted by Crippen LogP contribution is 2.51. The van der Waals surface area contributed by atoms with Crippen LogP contribution in [0.3, 0.4) is 0 Å². The number of carbonyl (C=O) groups excluding carboxylic acids is 4. The van der Waals surface area contributed by atoms with Gasteiger partial charge in [-0.3, -0.25) is 14.4 Å². The second-order valence-electron chi connectivity index (χ2n) is 13.7. The molecule has 13 nitrogen and oxygen atoms in total. The van der Waals surface area contributed by atoms with Crippen molar-refractivity contribution in [1.82, 2.24) is 20.5 Å². The van der Waals surface area contributed by atoms with E-state index in [9.17, 15) is 23.6 Å². The molecule has 1 aromatic heterocycles. The van der Waals surface area contributed by atoms with Crippen LogP contribution in [-0.4, -0.2) is 94.5 Å². The minimum absolute atomic E-state index is 0.0533. The van der Waals surface area contributed by atoms with Crippen LogP contribution in [0.4, 0.5) is 4.39 Å². The summed E-state index contributed by atoms with van der Waals surface area (Å²) in [5.74, 6) is -1.30. The molecular weight excluding hydrogens is 706 g/mol. The number of fused-ring (bicyclic) bond motifs is 5. The van der Waals surface area contributed by atoms with Crippen LogP contribution in [0.5, 0.6) is 5.75 Å². The number of carbonyl (C=O) groups is 4. The van der Waals surface area contributed by atoms with Crippen molar-refractivity contribution in [2.75, 3.05) is 26.9 Å². The molecule has 0 bridgehead atoms. The average molecular weight is 746 g/mol. The monoisotopic (exact) mass is 745 g/mol. The maximum atomic E-state index is 14.2. The number of nitrogens with one attached hydrogen (secondary N) is 3. The Labute approximate surface area is 309 Å². The Kier molecular flexibility index (Phi) is 10.0. The third kappa shape index (κ3) is 7.14. The number of hydrogen-bond acceptors (Lipinski definition) is 10. The van der Waals surface area contributed by atoms with E-state index in [1.807, 2.05) is 32.9 Å². The summed E-state index contributed by atoms with van der Waals surface area (Å²) in [6.45, 7) is 5.51. The van der Waals surface area contributed by atoms with E-state index in [4.69, 9.17) is 19.0 Å². The molecule has 3 heterocycles. The predicted molar refractivity (Wildman–Crippen MR) is 195 cm³/mol. The van der Waals surface area contributed by atoms with Crippen LogP contribution in [0.15, 0.2) is 65.3 Å². The lowest BCUT2D eigenvalue weighted by molar-refractivity contribution is -0.165. The first-order chi connectivity index (χ1) is 25.5. The number of halogens is 1. The molecule has 2 aliphatic carbocycles. The molecule has 2 fully saturated rings. The molecular formula is C38H40FN5O8S. The number of H-pyrrole nitrogens is 1. The van der Waals surface area contributed by atoms with E-state index in [1.54, 1.807) is 37.4 Å². The summed E-state index contributed by atoms with van der Waals surface area (Å²) < 4.78 is 30.4. The van der Waals surface area contributed by atoms with Crippen LogP contribution >= 0.6 is 11.8 Å². The van der Waals surface area contributed by atoms with Crippen molar-refractivity contribution < 1.29 is 42.6 Å². The van der Waals surface area contributed by atoms with Crippen molar-refractivity contribution >= 4 is 57.6 Å². The van der Waals surface area contributed by atoms with Crippen LogP contribution < -0.4 is 15.4 Å². The zero-order chi connectivity index (χ0) is 37.4. The summed E-state index contributed by atoms with van der Waals surface area (Å²) >= 11 is 1.44. The van der Waals surface area contributed by atoms with E-state index in [0.717, 1.165) is 38.9 Å². The van der Waals surface area contributed by atoms with E-state index in [-0.39, 0.29) is 37.5 Å². The molecule has 2 saturated heterocycles. The Morgan fingerprint density at radius 1 is 1.11 bits per heavy atom. The first-order valence-electron chi connectivity index (χ1n) is 17.4. The summed E-state index contributed by atoms with van der Waals surface area (Å²) in [6.07, 6.45) is 3.90. The van der Waals surface area contributed by atoms with E-state index in [2.05, 4.69) is 20.8 Å². The number of methoxy groups -OCH3 is 1. The molecule has 4 atom stereocenters. The van der Waals surface area contributed by atoms with Crippen molar-refractivity contribution in [1.29, 1.82) is 0 Å². The first kappa shape index (κ1) is 36.2. The molecule has 15 heteroatoms. The van der Waals surface area contributed by atoms with Gasteiger partial charge in [0.25, 0.3) is 5.91 Å². The van der Waals surface area contributed by atoms with Gasteiger partial charge in [-0.1, -0.05) is 29.4 Å². The highest BCUT2D eigenvalue weighted by molar-refractivity contribution is 8.01. The Morgan fingerprint density at radius 2 is 1.91 bits per heavy atom. The Balaban J connectivity index is 0.975. The lowest BCUT2D eigenvalue weighted by Gasteiger charge is -2.43. The van der Waals surface area contributed by atoms with Gasteiger partial charge < -0.3 is 39.6 Å². The molecule has 53 heavy (non-hydrogen) atoms. The molecule has 2 aromatic carbocycles. The number of rotatable bonds is 12. The van der Waals surface area contributed by atoms with E-state index >= 15 is 0 Å². The smallest absolute Gasteiger partial charge is 0.330 e. The van der Waals surface area contributed by atoms with Crippen molar-refractivity contribution in [2.45, 2.75) is 68.5 Å². The molecule has 2 aliphatic heterocycles. The minimum atomic E-state index is -0.810. The van der Waals surface area contributed by atoms with E-state index in [1.165, 1.54) is 28.8 Å². The third-order valence-corrected chi connectivity index (χ3v) is 11.3. The summed E-state index contributed by atoms with van der Waals surface area (Å²) in [5.41, 5.74) is 5.49. The lowest BCUT2D eigenvalue weighted by atomic mass is 9.82. The maximum Gasteiger partial charge on any atom is 0.330 e. The quantitative estimate of drug-likeness (QED) is 0.143. The number of likely N-dealkylation sites (N-methyl/N-ethyl adjacent to an activating group) is 1. The van der Waals surface area contributed by atoms with Gasteiger partial charge in [-0.05, 0) is 67.8 Å². The van der Waals surface area contributed by atoms with Crippen LogP contribution in [0.2, 0.25) is 0 Å². The summed E-state index contributed by atoms with van der Waals surface area (Å²) in [4.78, 5) is 62.0. The van der Waals surface area contributed by atoms with Gasteiger partial charge in [-0.25, -0.2) is 9.18 Å². The molecule has 3 N–H and O–H groups in total. The van der Waals surface area contributed by atoms with Crippen molar-refractivity contribution in [3.8, 4) is 5.75 Å². The number of aromatic nitrogens is 1. The normalized spacial score (nSPS) is 23.2. The van der Waals surface area contributed by atoms with Gasteiger partial charge in [0.1, 0.15) is 42.2 Å². The standard InChI is InChI=1S/C38H40FN5O8S/c1-5-40-30(45)19-52-43-29-16-27-25-14-21(39)8-13-28(25)41-32(27)24-12-11-23(15-26(24)29)50-18-31(46)42-33-35(47)44-34(38(2,3)53-36(33)44)37(48)51-17-20-6-9-22(49-4)10-7-20/h6-14,23,33-34,36,41H,5,15-19H2,1-4H3,(H,40,45)(H,42,46)/b43-29-. The number of ether oxygens (including phenoxy) is 3. The Morgan fingerprint density at radius 3 is 2.66 bits per heavy atom. The highest BCUT2D eigenvalue weighted by atomic mass is 32.2. The fourth-order valence-corrected chi connectivity index (χ4v) is 8.82. The van der Waals surface area contributed by atoms with Crippen LogP contribution in [0, 0.1) is 5.82 Å². The van der Waals surface area contributed by atoms with Gasteiger partial charge in [0.2, 0.25) is 11.8 Å². The average Bonchev–Trinajstić information content (AvgIpc) is 3.63. The number of esters is 1. The fourth-order valence-electron chi connectivity index (χ4n) is 7.20. The van der Waals surface area contributed by atoms with Gasteiger partial charge in [0, 0.05) is 40.6 Å². The van der Waals surface area contributed by atoms with Gasteiger partial charge in [0.15, 0.2) is 6.61 Å². The van der Waals surface area contributed by atoms with Gasteiger partial charge >= 0.3 is 5.97 Å². The summed E-state index contributed by atoms with van der Waals surface area (Å²) in [6, 6.07) is 10.1. The number of thioether (sulfide) groups is 1. The number of nitrogens with zero attached hydrogens (tertiary/aromatic N) is 2. The number of oxime groups is 1. The third-order valence-electron chi connectivity index (χ3n) is 9.73. The van der Waals surface area contributed by atoms with Crippen LogP contribution in [-0.2, 0) is 46.5 Å². The lowest BCUT2D eigenvalue weighted by Crippen LogP contribution is -2.71. The predicted octanol–water partition coefficient (Wildman–Crippen LogP) is 3.77. The van der Waals surface area contributed by atoms with Gasteiger partial charge in [-0.2, -0.15) is 0 Å². The summed E-state index contributed by atoms with van der Waals surface area (Å²) in [7, 11) is 1.57. The molecule has 0 spiro atoms. The van der Waals surface area contributed by atoms with E-state index < -0.39 is 40.2 Å². The number of benzene rings is 2. The van der Waals surface area contributed by atoms with Crippen molar-refractivity contribution in [2.24, 2.45) is 5.16 Å². The summed E-state index contributed by atoms with van der Waals surface area (Å²) in [5, 5.41) is 10.1.